The van der Waals surface area contributed by atoms with Gasteiger partial charge in [0.15, 0.2) is 0 Å². The van der Waals surface area contributed by atoms with E-state index in [-0.39, 0.29) is 48.1 Å². The fourth-order valence-corrected chi connectivity index (χ4v) is 14.1. The number of nitrogens with one attached hydrogen (secondary N) is 1. The Balaban J connectivity index is 0.528. The average molecular weight is 1390 g/mol. The lowest BCUT2D eigenvalue weighted by Gasteiger charge is -2.61. The van der Waals surface area contributed by atoms with Gasteiger partial charge in [-0.15, -0.1) is 15.3 Å². The van der Waals surface area contributed by atoms with Crippen LogP contribution in [0.4, 0.5) is 8.78 Å². The van der Waals surface area contributed by atoms with Crippen molar-refractivity contribution in [3.05, 3.63) is 59.4 Å². The van der Waals surface area contributed by atoms with E-state index < -0.39 is 5.92 Å². The highest BCUT2D eigenvalue weighted by atomic mass is 19.3. The molecule has 2 aliphatic heterocycles. The first-order valence-corrected chi connectivity index (χ1v) is 36.6. The second kappa shape index (κ2) is 44.8. The molecule has 25 nitrogen and oxygen atoms in total. The van der Waals surface area contributed by atoms with Crippen molar-refractivity contribution in [2.75, 3.05) is 204 Å². The number of likely N-dealkylation sites (tertiary alicyclic amines) is 1. The number of rotatable bonds is 59. The van der Waals surface area contributed by atoms with Gasteiger partial charge in [0.25, 0.3) is 0 Å². The number of halogens is 2. The number of hydrogen-bond donors (Lipinski definition) is 1. The fourth-order valence-electron chi connectivity index (χ4n) is 14.1. The summed E-state index contributed by atoms with van der Waals surface area (Å²) in [6.45, 7) is 25.7. The topological polar surface area (TPSA) is 245 Å². The lowest BCUT2D eigenvalue weighted by Crippen LogP contribution is -2.67. The minimum atomic E-state index is -2.63. The predicted octanol–water partition coefficient (Wildman–Crippen LogP) is 6.38. The van der Waals surface area contributed by atoms with Crippen LogP contribution in [0, 0.1) is 24.2 Å². The maximum absolute atomic E-state index is 13.9. The van der Waals surface area contributed by atoms with Crippen molar-refractivity contribution < 1.29 is 80.0 Å². The molecular formula is C71H116F2N10O15. The van der Waals surface area contributed by atoms with E-state index in [1.807, 2.05) is 19.2 Å². The van der Waals surface area contributed by atoms with Crippen LogP contribution in [0.1, 0.15) is 132 Å². The smallest absolute Gasteiger partial charge is 0.248 e. The summed E-state index contributed by atoms with van der Waals surface area (Å²) < 4.78 is 98.8. The number of ketones is 2. The van der Waals surface area contributed by atoms with Gasteiger partial charge in [0.2, 0.25) is 11.8 Å². The predicted molar refractivity (Wildman–Crippen MR) is 361 cm³/mol. The third kappa shape index (κ3) is 27.4. The van der Waals surface area contributed by atoms with Crippen LogP contribution in [0.2, 0.25) is 0 Å². The zero-order valence-corrected chi connectivity index (χ0v) is 59.1. The Kier molecular flexibility index (Phi) is 36.3. The normalized spacial score (nSPS) is 20.8. The SMILES string of the molecule is CCC(=O)CCOCCOCCOCCOCCOCCOCCOCCOCCn1cc(COCCOCCOCCOCCN2CCN(CCCNC(=O)CCCc3nnc(C)n3C3CC4N(CCC(c5ccccc5)C(C)CC(=O)C5CCC(F)(F)CC5)C5CC453)CC2)nn1. The fraction of sp³-hybridized carbons (Fsp3) is 0.817. The minimum Gasteiger partial charge on any atom is -0.379 e. The molecule has 0 bridgehead atoms. The van der Waals surface area contributed by atoms with E-state index in [4.69, 9.17) is 56.8 Å². The lowest BCUT2D eigenvalue weighted by molar-refractivity contribution is -0.128. The summed E-state index contributed by atoms with van der Waals surface area (Å²) in [6.07, 6.45) is 9.62. The van der Waals surface area contributed by atoms with Crippen LogP contribution in [0.25, 0.3) is 0 Å². The summed E-state index contributed by atoms with van der Waals surface area (Å²) in [6, 6.07) is 12.0. The zero-order chi connectivity index (χ0) is 68.9. The molecular weight excluding hydrogens is 1270 g/mol. The number of piperidine rings is 1. The number of hydrogen-bond acceptors (Lipinski definition) is 22. The van der Waals surface area contributed by atoms with Gasteiger partial charge in [-0.05, 0) is 82.4 Å². The van der Waals surface area contributed by atoms with Crippen molar-refractivity contribution in [2.45, 2.75) is 154 Å². The van der Waals surface area contributed by atoms with E-state index in [0.29, 0.717) is 234 Å². The molecule has 4 heterocycles. The number of carbonyl (C=O) groups excluding carboxylic acids is 3. The van der Waals surface area contributed by atoms with Crippen LogP contribution in [-0.2, 0) is 90.8 Å². The number of Topliss-reactive ketones (excluding diaryl/α,β-unsaturated/α-hetero) is 2. The van der Waals surface area contributed by atoms with Crippen molar-refractivity contribution in [3.8, 4) is 0 Å². The molecule has 6 atom stereocenters. The van der Waals surface area contributed by atoms with E-state index in [1.165, 1.54) is 12.0 Å². The minimum absolute atomic E-state index is 0.0902. The molecule has 1 amide bonds. The van der Waals surface area contributed by atoms with Crippen molar-refractivity contribution in [2.24, 2.45) is 17.3 Å². The summed E-state index contributed by atoms with van der Waals surface area (Å²) in [7, 11) is 0. The highest BCUT2D eigenvalue weighted by Gasteiger charge is 2.82. The molecule has 2 saturated heterocycles. The lowest BCUT2D eigenvalue weighted by atomic mass is 9.64. The number of piperazine rings is 1. The molecule has 554 valence electrons. The molecule has 6 unspecified atom stereocenters. The van der Waals surface area contributed by atoms with Gasteiger partial charge in [0, 0.05) is 114 Å². The van der Waals surface area contributed by atoms with Crippen LogP contribution >= 0.6 is 0 Å². The van der Waals surface area contributed by atoms with Gasteiger partial charge in [-0.25, -0.2) is 13.5 Å². The highest BCUT2D eigenvalue weighted by molar-refractivity contribution is 5.81. The molecule has 1 spiro atoms. The Labute approximate surface area is 579 Å². The molecule has 5 fully saturated rings. The summed E-state index contributed by atoms with van der Waals surface area (Å²) in [5, 5.41) is 20.6. The largest absolute Gasteiger partial charge is 0.379 e. The molecule has 98 heavy (non-hydrogen) atoms. The van der Waals surface area contributed by atoms with Crippen LogP contribution in [0.5, 0.6) is 0 Å². The molecule has 8 rings (SSSR count). The molecule has 0 radical (unpaired) electrons. The number of amides is 1. The Bertz CT molecular complexity index is 2670. The van der Waals surface area contributed by atoms with E-state index in [0.717, 1.165) is 95.3 Å². The molecule has 27 heteroatoms. The van der Waals surface area contributed by atoms with Gasteiger partial charge in [-0.3, -0.25) is 24.2 Å². The molecule has 1 N–H and O–H groups in total. The third-order valence-electron chi connectivity index (χ3n) is 19.8. The van der Waals surface area contributed by atoms with Gasteiger partial charge in [0.05, 0.1) is 171 Å². The van der Waals surface area contributed by atoms with E-state index in [1.54, 1.807) is 4.68 Å². The van der Waals surface area contributed by atoms with Crippen molar-refractivity contribution in [3.63, 3.8) is 0 Å². The van der Waals surface area contributed by atoms with Crippen LogP contribution in [0.15, 0.2) is 36.5 Å². The summed E-state index contributed by atoms with van der Waals surface area (Å²) in [5.41, 5.74) is 2.28. The Morgan fingerprint density at radius 1 is 0.602 bits per heavy atom. The summed E-state index contributed by atoms with van der Waals surface area (Å²) in [5.74, 6) is -0.106. The number of nitrogens with zero attached hydrogens (tertiary/aromatic N) is 9. The van der Waals surface area contributed by atoms with Crippen LogP contribution < -0.4 is 5.32 Å². The maximum atomic E-state index is 13.9. The van der Waals surface area contributed by atoms with Gasteiger partial charge in [-0.2, -0.15) is 0 Å². The Hall–Kier alpha value is -4.43. The number of carbonyl (C=O) groups is 3. The number of benzene rings is 1. The van der Waals surface area contributed by atoms with Gasteiger partial charge >= 0.3 is 0 Å². The van der Waals surface area contributed by atoms with E-state index >= 15 is 0 Å². The first kappa shape index (κ1) is 79.3. The van der Waals surface area contributed by atoms with Crippen molar-refractivity contribution >= 4 is 17.5 Å². The third-order valence-corrected chi connectivity index (χ3v) is 19.8. The molecule has 1 aromatic carbocycles. The second-order valence-corrected chi connectivity index (χ2v) is 26.6. The first-order valence-electron chi connectivity index (χ1n) is 36.6. The maximum Gasteiger partial charge on any atom is 0.248 e. The van der Waals surface area contributed by atoms with E-state index in [9.17, 15) is 23.2 Å². The van der Waals surface area contributed by atoms with Crippen molar-refractivity contribution in [1.29, 1.82) is 0 Å². The van der Waals surface area contributed by atoms with Crippen LogP contribution in [-0.4, -0.2) is 284 Å². The molecule has 2 aromatic heterocycles. The number of alkyl halides is 2. The van der Waals surface area contributed by atoms with Gasteiger partial charge < -0.3 is 71.6 Å². The molecule has 3 aromatic rings. The number of aromatic nitrogens is 6. The summed E-state index contributed by atoms with van der Waals surface area (Å²) >= 11 is 0. The number of ether oxygens (including phenoxy) is 12. The van der Waals surface area contributed by atoms with Crippen LogP contribution in [0.3, 0.4) is 0 Å². The van der Waals surface area contributed by atoms with Gasteiger partial charge in [0.1, 0.15) is 28.9 Å². The Morgan fingerprint density at radius 2 is 1.13 bits per heavy atom. The Morgan fingerprint density at radius 3 is 1.69 bits per heavy atom. The summed E-state index contributed by atoms with van der Waals surface area (Å²) in [4.78, 5) is 45.1. The molecule has 3 saturated carbocycles. The van der Waals surface area contributed by atoms with E-state index in [2.05, 4.69) is 83.2 Å². The number of aryl methyl sites for hydroxylation is 2. The standard InChI is InChI=1S/C71H116F2N10O15/c1-4-62(84)17-29-87-32-35-90-38-40-93-42-44-95-46-47-96-45-43-94-41-39-92-37-34-89-31-28-81-55-61(76-78-81)56-98-51-50-97-49-48-91-36-33-88-30-27-80-25-23-79(24-26-80)21-9-20-74-69(86)13-8-12-68-77-75-58(3)83(68)66-53-65-71(66)54-67(71)82(65)22-16-63(59-10-6-5-7-11-59)57(2)52-64(85)60-14-18-70(72,73)19-15-60/h5-7,10-11,55,57,60,63,65-67H,4,8-9,12-54,56H2,1-3H3,(H,74,86). The second-order valence-electron chi connectivity index (χ2n) is 26.6. The zero-order valence-electron chi connectivity index (χ0n) is 59.1. The van der Waals surface area contributed by atoms with Crippen molar-refractivity contribution in [1.82, 2.24) is 49.8 Å². The average Bonchev–Trinajstić information content (AvgIpc) is 1.46. The molecule has 5 aliphatic rings. The highest BCUT2D eigenvalue weighted by Crippen LogP contribution is 2.78. The molecule has 3 aliphatic carbocycles. The first-order chi connectivity index (χ1) is 47.9. The van der Waals surface area contributed by atoms with Gasteiger partial charge in [-0.1, -0.05) is 49.4 Å². The quantitative estimate of drug-likeness (QED) is 0.0603. The monoisotopic (exact) mass is 1390 g/mol.